The molecule has 0 aliphatic rings. The number of hydrogen-bond donors (Lipinski definition) is 3. The number of aromatic hydroxyl groups is 1. The van der Waals surface area contributed by atoms with E-state index in [-0.39, 0.29) is 22.0 Å². The molecule has 0 saturated heterocycles. The van der Waals surface area contributed by atoms with Crippen LogP contribution in [-0.4, -0.2) is 34.6 Å². The molecule has 11 heteroatoms. The maximum Gasteiger partial charge on any atom is 0.339 e. The van der Waals surface area contributed by atoms with Gasteiger partial charge in [0.05, 0.1) is 10.6 Å². The van der Waals surface area contributed by atoms with Gasteiger partial charge in [-0.05, 0) is 49.6 Å². The van der Waals surface area contributed by atoms with Crippen LogP contribution in [0.2, 0.25) is 0 Å². The van der Waals surface area contributed by atoms with Crippen LogP contribution in [-0.2, 0) is 10.0 Å². The molecule has 4 rings (SSSR count). The number of phenols is 1. The summed E-state index contributed by atoms with van der Waals surface area (Å²) >= 11 is 0. The number of aromatic carboxylic acids is 1. The Morgan fingerprint density at radius 3 is 2.35 bits per heavy atom. The standard InChI is InChI=1S/C23H19N5O5S/c1-13-11-20(25-14(2)24-13)28-34(32,33)17-9-7-16(8-10-17)26-27-21-18-6-4-3-5-15(18)12-19(22(21)29)23(30)31/h3-12,29H,1-2H3,(H,30,31)(H,24,25,28). The number of nitrogens with zero attached hydrogens (tertiary/aromatic N) is 4. The zero-order chi connectivity index (χ0) is 24.5. The predicted octanol–water partition coefficient (Wildman–Crippen LogP) is 4.87. The van der Waals surface area contributed by atoms with Gasteiger partial charge in [-0.25, -0.2) is 23.2 Å². The SMILES string of the molecule is Cc1cc(NS(=O)(=O)c2ccc(N=Nc3c(O)c(C(=O)O)cc4ccccc34)cc2)nc(C)n1. The fourth-order valence-electron chi connectivity index (χ4n) is 3.35. The number of rotatable bonds is 6. The van der Waals surface area contributed by atoms with Crippen molar-refractivity contribution in [1.82, 2.24) is 9.97 Å². The first kappa shape index (κ1) is 22.8. The number of aryl methyl sites for hydroxylation is 2. The van der Waals surface area contributed by atoms with E-state index in [1.807, 2.05) is 0 Å². The molecule has 0 amide bonds. The van der Waals surface area contributed by atoms with E-state index in [2.05, 4.69) is 24.9 Å². The Kier molecular flexibility index (Phi) is 5.95. The van der Waals surface area contributed by atoms with E-state index in [0.29, 0.717) is 28.0 Å². The Labute approximate surface area is 194 Å². The van der Waals surface area contributed by atoms with Crippen molar-refractivity contribution in [2.24, 2.45) is 10.2 Å². The lowest BCUT2D eigenvalue weighted by Gasteiger charge is -2.09. The molecule has 3 aromatic carbocycles. The van der Waals surface area contributed by atoms with Gasteiger partial charge in [-0.15, -0.1) is 5.11 Å². The predicted molar refractivity (Wildman–Crippen MR) is 126 cm³/mol. The zero-order valence-electron chi connectivity index (χ0n) is 18.1. The first-order valence-electron chi connectivity index (χ1n) is 9.99. The lowest BCUT2D eigenvalue weighted by atomic mass is 10.0. The number of anilines is 1. The Balaban J connectivity index is 1.63. The fraction of sp³-hybridized carbons (Fsp3) is 0.0870. The highest BCUT2D eigenvalue weighted by Gasteiger charge is 2.18. The summed E-state index contributed by atoms with van der Waals surface area (Å²) in [5.41, 5.74) is 0.638. The molecule has 34 heavy (non-hydrogen) atoms. The lowest BCUT2D eigenvalue weighted by Crippen LogP contribution is -2.14. The molecule has 0 radical (unpaired) electrons. The Bertz CT molecular complexity index is 1530. The first-order valence-corrected chi connectivity index (χ1v) is 11.5. The minimum absolute atomic E-state index is 0.00312. The van der Waals surface area contributed by atoms with Crippen LogP contribution in [0.5, 0.6) is 5.75 Å². The molecule has 0 fully saturated rings. The van der Waals surface area contributed by atoms with Crippen LogP contribution in [0.4, 0.5) is 17.2 Å². The zero-order valence-corrected chi connectivity index (χ0v) is 18.9. The quantitative estimate of drug-likeness (QED) is 0.335. The monoisotopic (exact) mass is 477 g/mol. The van der Waals surface area contributed by atoms with Crippen LogP contribution in [0.15, 0.2) is 75.8 Å². The van der Waals surface area contributed by atoms with Crippen molar-refractivity contribution >= 4 is 44.0 Å². The number of carboxylic acid groups (broad SMARTS) is 1. The van der Waals surface area contributed by atoms with Crippen LogP contribution in [0.1, 0.15) is 21.9 Å². The third-order valence-electron chi connectivity index (χ3n) is 4.84. The van der Waals surface area contributed by atoms with Gasteiger partial charge in [-0.2, -0.15) is 5.11 Å². The van der Waals surface area contributed by atoms with Gasteiger partial charge in [0.1, 0.15) is 22.9 Å². The van der Waals surface area contributed by atoms with Crippen molar-refractivity contribution in [3.63, 3.8) is 0 Å². The van der Waals surface area contributed by atoms with Crippen molar-refractivity contribution in [2.45, 2.75) is 18.7 Å². The third-order valence-corrected chi connectivity index (χ3v) is 6.21. The van der Waals surface area contributed by atoms with Crippen LogP contribution in [0.3, 0.4) is 0 Å². The molecule has 0 aliphatic heterocycles. The number of sulfonamides is 1. The minimum atomic E-state index is -3.90. The Morgan fingerprint density at radius 1 is 0.971 bits per heavy atom. The first-order chi connectivity index (χ1) is 16.1. The number of benzene rings is 3. The Morgan fingerprint density at radius 2 is 1.68 bits per heavy atom. The Hall–Kier alpha value is -4.38. The molecule has 3 N–H and O–H groups in total. The summed E-state index contributed by atoms with van der Waals surface area (Å²) in [7, 11) is -3.90. The van der Waals surface area contributed by atoms with Gasteiger partial charge < -0.3 is 10.2 Å². The molecule has 1 aromatic heterocycles. The molecule has 0 saturated carbocycles. The van der Waals surface area contributed by atoms with E-state index in [1.54, 1.807) is 38.1 Å². The van der Waals surface area contributed by atoms with E-state index in [9.17, 15) is 23.4 Å². The van der Waals surface area contributed by atoms with Crippen molar-refractivity contribution < 1.29 is 23.4 Å². The number of fused-ring (bicyclic) bond motifs is 1. The number of nitrogens with one attached hydrogen (secondary N) is 1. The summed E-state index contributed by atoms with van der Waals surface area (Å²) in [6.45, 7) is 3.40. The summed E-state index contributed by atoms with van der Waals surface area (Å²) in [4.78, 5) is 19.7. The molecular weight excluding hydrogens is 458 g/mol. The van der Waals surface area contributed by atoms with E-state index >= 15 is 0 Å². The second kappa shape index (κ2) is 8.87. The molecule has 0 bridgehead atoms. The topological polar surface area (TPSA) is 154 Å². The van der Waals surface area contributed by atoms with Gasteiger partial charge >= 0.3 is 5.97 Å². The third kappa shape index (κ3) is 4.69. The van der Waals surface area contributed by atoms with Gasteiger partial charge in [-0.1, -0.05) is 24.3 Å². The average molecular weight is 478 g/mol. The van der Waals surface area contributed by atoms with Crippen LogP contribution >= 0.6 is 0 Å². The van der Waals surface area contributed by atoms with Crippen molar-refractivity contribution in [1.29, 1.82) is 0 Å². The molecule has 172 valence electrons. The molecule has 4 aromatic rings. The van der Waals surface area contributed by atoms with Gasteiger partial charge in [-0.3, -0.25) is 4.72 Å². The highest BCUT2D eigenvalue weighted by Crippen LogP contribution is 2.39. The second-order valence-electron chi connectivity index (χ2n) is 7.39. The molecule has 10 nitrogen and oxygen atoms in total. The largest absolute Gasteiger partial charge is 0.505 e. The van der Waals surface area contributed by atoms with Gasteiger partial charge in [0.2, 0.25) is 0 Å². The average Bonchev–Trinajstić information content (AvgIpc) is 2.77. The molecular formula is C23H19N5O5S. The van der Waals surface area contributed by atoms with Crippen molar-refractivity contribution in [2.75, 3.05) is 4.72 Å². The van der Waals surface area contributed by atoms with Crippen LogP contribution < -0.4 is 4.72 Å². The number of carboxylic acids is 1. The van der Waals surface area contributed by atoms with Gasteiger partial charge in [0.25, 0.3) is 10.0 Å². The molecule has 1 heterocycles. The van der Waals surface area contributed by atoms with Crippen LogP contribution in [0, 0.1) is 13.8 Å². The maximum atomic E-state index is 12.7. The molecule has 0 atom stereocenters. The maximum absolute atomic E-state index is 12.7. The smallest absolute Gasteiger partial charge is 0.339 e. The molecule has 0 spiro atoms. The summed E-state index contributed by atoms with van der Waals surface area (Å²) in [6.07, 6.45) is 0. The highest BCUT2D eigenvalue weighted by atomic mass is 32.2. The summed E-state index contributed by atoms with van der Waals surface area (Å²) in [5, 5.41) is 29.0. The number of hydrogen-bond acceptors (Lipinski definition) is 8. The van der Waals surface area contributed by atoms with Crippen LogP contribution in [0.25, 0.3) is 10.8 Å². The molecule has 0 unspecified atom stereocenters. The second-order valence-corrected chi connectivity index (χ2v) is 9.07. The summed E-state index contributed by atoms with van der Waals surface area (Å²) in [5.74, 6) is -1.20. The summed E-state index contributed by atoms with van der Waals surface area (Å²) in [6, 6.07) is 15.3. The lowest BCUT2D eigenvalue weighted by molar-refractivity contribution is 0.0694. The number of aromatic nitrogens is 2. The van der Waals surface area contributed by atoms with E-state index in [0.717, 1.165) is 0 Å². The van der Waals surface area contributed by atoms with E-state index in [4.69, 9.17) is 0 Å². The number of carbonyl (C=O) groups is 1. The number of azo groups is 1. The van der Waals surface area contributed by atoms with E-state index in [1.165, 1.54) is 36.4 Å². The van der Waals surface area contributed by atoms with Gasteiger partial charge in [0.15, 0.2) is 5.75 Å². The van der Waals surface area contributed by atoms with E-state index < -0.39 is 21.7 Å². The highest BCUT2D eigenvalue weighted by molar-refractivity contribution is 7.92. The fourth-order valence-corrected chi connectivity index (χ4v) is 4.34. The normalized spacial score (nSPS) is 11.7. The van der Waals surface area contributed by atoms with Gasteiger partial charge in [0, 0.05) is 17.1 Å². The minimum Gasteiger partial charge on any atom is -0.505 e. The molecule has 0 aliphatic carbocycles. The van der Waals surface area contributed by atoms with Crippen molar-refractivity contribution in [3.05, 3.63) is 77.7 Å². The van der Waals surface area contributed by atoms with Crippen molar-refractivity contribution in [3.8, 4) is 5.75 Å². The summed E-state index contributed by atoms with van der Waals surface area (Å²) < 4.78 is 27.8.